The number of aryl methyl sites for hydroxylation is 1. The van der Waals surface area contributed by atoms with E-state index in [1.807, 2.05) is 0 Å². The highest BCUT2D eigenvalue weighted by Gasteiger charge is 2.13. The molecule has 0 bridgehead atoms. The zero-order chi connectivity index (χ0) is 14.9. The summed E-state index contributed by atoms with van der Waals surface area (Å²) in [5, 5.41) is 3.66. The Hall–Kier alpha value is -0.860. The number of ether oxygens (including phenoxy) is 1. The summed E-state index contributed by atoms with van der Waals surface area (Å²) in [7, 11) is 0. The maximum absolute atomic E-state index is 5.98. The quantitative estimate of drug-likeness (QED) is 0.696. The van der Waals surface area contributed by atoms with Crippen LogP contribution < -0.4 is 5.32 Å². The Balaban J connectivity index is 1.63. The summed E-state index contributed by atoms with van der Waals surface area (Å²) < 4.78 is 5.98. The first-order chi connectivity index (χ1) is 10.3. The fourth-order valence-corrected chi connectivity index (χ4v) is 3.13. The van der Waals surface area contributed by atoms with Crippen LogP contribution in [0.3, 0.4) is 0 Å². The van der Waals surface area contributed by atoms with Gasteiger partial charge in [0.2, 0.25) is 0 Å². The van der Waals surface area contributed by atoms with Crippen molar-refractivity contribution >= 4 is 0 Å². The lowest BCUT2D eigenvalue weighted by Crippen LogP contribution is -2.24. The Morgan fingerprint density at radius 2 is 1.86 bits per heavy atom. The van der Waals surface area contributed by atoms with Crippen LogP contribution in [-0.2, 0) is 4.74 Å². The molecule has 2 heteroatoms. The van der Waals surface area contributed by atoms with Gasteiger partial charge >= 0.3 is 0 Å². The fraction of sp³-hybridized carbons (Fsp3) is 0.684. The lowest BCUT2D eigenvalue weighted by molar-refractivity contribution is 0.0271. The summed E-state index contributed by atoms with van der Waals surface area (Å²) in [5.74, 6) is 0. The molecule has 1 N–H and O–H groups in total. The fourth-order valence-electron chi connectivity index (χ4n) is 3.13. The van der Waals surface area contributed by atoms with Gasteiger partial charge in [0.15, 0.2) is 0 Å². The Bertz CT molecular complexity index is 381. The normalized spacial score (nSPS) is 17.8. The smallest absolute Gasteiger partial charge is 0.0575 e. The van der Waals surface area contributed by atoms with E-state index in [1.165, 1.54) is 43.2 Å². The van der Waals surface area contributed by atoms with E-state index in [4.69, 9.17) is 4.74 Å². The molecule has 1 aliphatic carbocycles. The van der Waals surface area contributed by atoms with Crippen LogP contribution in [0.1, 0.15) is 69.0 Å². The number of hydrogen-bond acceptors (Lipinski definition) is 2. The molecule has 0 aliphatic heterocycles. The summed E-state index contributed by atoms with van der Waals surface area (Å²) in [4.78, 5) is 0. The predicted octanol–water partition coefficient (Wildman–Crippen LogP) is 4.78. The van der Waals surface area contributed by atoms with Crippen molar-refractivity contribution in [3.8, 4) is 0 Å². The molecule has 1 fully saturated rings. The minimum absolute atomic E-state index is 0.472. The third-order valence-electron chi connectivity index (χ3n) is 4.51. The van der Waals surface area contributed by atoms with E-state index in [2.05, 4.69) is 43.4 Å². The second-order valence-electron chi connectivity index (χ2n) is 6.31. The zero-order valence-corrected chi connectivity index (χ0v) is 13.7. The molecule has 0 spiro atoms. The molecule has 21 heavy (non-hydrogen) atoms. The molecule has 0 saturated heterocycles. The third kappa shape index (κ3) is 5.80. The van der Waals surface area contributed by atoms with E-state index in [9.17, 15) is 0 Å². The van der Waals surface area contributed by atoms with Crippen molar-refractivity contribution in [2.24, 2.45) is 0 Å². The van der Waals surface area contributed by atoms with Crippen LogP contribution in [0.15, 0.2) is 24.3 Å². The largest absolute Gasteiger partial charge is 0.378 e. The van der Waals surface area contributed by atoms with Crippen LogP contribution in [0, 0.1) is 6.92 Å². The van der Waals surface area contributed by atoms with Crippen molar-refractivity contribution < 1.29 is 4.74 Å². The van der Waals surface area contributed by atoms with Gasteiger partial charge < -0.3 is 10.1 Å². The summed E-state index contributed by atoms with van der Waals surface area (Å²) in [6.07, 6.45) is 9.44. The highest BCUT2D eigenvalue weighted by atomic mass is 16.5. The third-order valence-corrected chi connectivity index (χ3v) is 4.51. The van der Waals surface area contributed by atoms with E-state index < -0.39 is 0 Å². The first-order valence-electron chi connectivity index (χ1n) is 8.71. The van der Waals surface area contributed by atoms with Crippen molar-refractivity contribution in [3.63, 3.8) is 0 Å². The molecule has 1 aliphatic rings. The van der Waals surface area contributed by atoms with Gasteiger partial charge in [-0.3, -0.25) is 0 Å². The Morgan fingerprint density at radius 3 is 2.52 bits per heavy atom. The zero-order valence-electron chi connectivity index (χ0n) is 13.7. The monoisotopic (exact) mass is 289 g/mol. The van der Waals surface area contributed by atoms with Crippen LogP contribution in [-0.4, -0.2) is 19.3 Å². The van der Waals surface area contributed by atoms with Crippen LogP contribution in [0.2, 0.25) is 0 Å². The maximum Gasteiger partial charge on any atom is 0.0575 e. The van der Waals surface area contributed by atoms with E-state index in [-0.39, 0.29) is 0 Å². The lowest BCUT2D eigenvalue weighted by atomic mass is 9.98. The van der Waals surface area contributed by atoms with Gasteiger partial charge in [-0.25, -0.2) is 0 Å². The molecule has 1 atom stereocenters. The molecule has 118 valence electrons. The van der Waals surface area contributed by atoms with Gasteiger partial charge in [-0.15, -0.1) is 0 Å². The SMILES string of the molecule is CCC(NCCCOC1CCCCC1)c1ccc(C)cc1. The van der Waals surface area contributed by atoms with E-state index in [1.54, 1.807) is 0 Å². The summed E-state index contributed by atoms with van der Waals surface area (Å²) in [6.45, 7) is 6.33. The molecule has 0 heterocycles. The minimum atomic E-state index is 0.472. The number of nitrogens with one attached hydrogen (secondary N) is 1. The number of hydrogen-bond donors (Lipinski definition) is 1. The first kappa shape index (κ1) is 16.5. The molecular weight excluding hydrogens is 258 g/mol. The van der Waals surface area contributed by atoms with Crippen molar-refractivity contribution in [3.05, 3.63) is 35.4 Å². The molecule has 1 saturated carbocycles. The first-order valence-corrected chi connectivity index (χ1v) is 8.71. The topological polar surface area (TPSA) is 21.3 Å². The summed E-state index contributed by atoms with van der Waals surface area (Å²) >= 11 is 0. The van der Waals surface area contributed by atoms with Gasteiger partial charge in [-0.2, -0.15) is 0 Å². The summed E-state index contributed by atoms with van der Waals surface area (Å²) in [5.41, 5.74) is 2.73. The molecule has 0 aromatic heterocycles. The Morgan fingerprint density at radius 1 is 1.14 bits per heavy atom. The van der Waals surface area contributed by atoms with Crippen molar-refractivity contribution in [2.75, 3.05) is 13.2 Å². The molecule has 2 nitrogen and oxygen atoms in total. The highest BCUT2D eigenvalue weighted by Crippen LogP contribution is 2.20. The van der Waals surface area contributed by atoms with Gasteiger partial charge in [0, 0.05) is 12.6 Å². The average Bonchev–Trinajstić information content (AvgIpc) is 2.53. The van der Waals surface area contributed by atoms with Crippen LogP contribution in [0.4, 0.5) is 0 Å². The van der Waals surface area contributed by atoms with Gasteiger partial charge in [-0.1, -0.05) is 56.0 Å². The van der Waals surface area contributed by atoms with Crippen LogP contribution in [0.25, 0.3) is 0 Å². The molecule has 1 aromatic carbocycles. The predicted molar refractivity (Wildman–Crippen MR) is 89.7 cm³/mol. The van der Waals surface area contributed by atoms with Gasteiger partial charge in [0.05, 0.1) is 6.10 Å². The second kappa shape index (κ2) is 9.22. The van der Waals surface area contributed by atoms with Crippen LogP contribution in [0.5, 0.6) is 0 Å². The van der Waals surface area contributed by atoms with Crippen LogP contribution >= 0.6 is 0 Å². The maximum atomic E-state index is 5.98. The minimum Gasteiger partial charge on any atom is -0.378 e. The van der Waals surface area contributed by atoms with E-state index in [0.717, 1.165) is 26.0 Å². The van der Waals surface area contributed by atoms with E-state index >= 15 is 0 Å². The molecule has 2 rings (SSSR count). The average molecular weight is 289 g/mol. The molecular formula is C19H31NO. The van der Waals surface area contributed by atoms with Gasteiger partial charge in [0.25, 0.3) is 0 Å². The molecule has 0 amide bonds. The van der Waals surface area contributed by atoms with Crippen molar-refractivity contribution in [2.45, 2.75) is 70.9 Å². The van der Waals surface area contributed by atoms with Gasteiger partial charge in [-0.05, 0) is 44.7 Å². The Kier molecular flexibility index (Phi) is 7.25. The van der Waals surface area contributed by atoms with E-state index in [0.29, 0.717) is 12.1 Å². The summed E-state index contributed by atoms with van der Waals surface area (Å²) in [6, 6.07) is 9.36. The Labute approximate surface area is 130 Å². The standard InChI is InChI=1S/C19H31NO/c1-3-19(17-12-10-16(2)11-13-17)20-14-7-15-21-18-8-5-4-6-9-18/h10-13,18-20H,3-9,14-15H2,1-2H3. The number of rotatable bonds is 8. The number of benzene rings is 1. The lowest BCUT2D eigenvalue weighted by Gasteiger charge is -2.22. The molecule has 1 aromatic rings. The van der Waals surface area contributed by atoms with Crippen molar-refractivity contribution in [1.82, 2.24) is 5.32 Å². The van der Waals surface area contributed by atoms with Crippen molar-refractivity contribution in [1.29, 1.82) is 0 Å². The highest BCUT2D eigenvalue weighted by molar-refractivity contribution is 5.23. The molecule has 1 unspecified atom stereocenters. The van der Waals surface area contributed by atoms with Gasteiger partial charge in [0.1, 0.15) is 0 Å². The second-order valence-corrected chi connectivity index (χ2v) is 6.31. The molecule has 0 radical (unpaired) electrons.